The van der Waals surface area contributed by atoms with Crippen LogP contribution >= 0.6 is 15.9 Å². The van der Waals surface area contributed by atoms with Crippen molar-refractivity contribution in [1.29, 1.82) is 0 Å². The van der Waals surface area contributed by atoms with Crippen molar-refractivity contribution in [3.8, 4) is 0 Å². The van der Waals surface area contributed by atoms with Gasteiger partial charge in [-0.3, -0.25) is 0 Å². The summed E-state index contributed by atoms with van der Waals surface area (Å²) in [5, 5.41) is 0.899. The second-order valence-electron chi connectivity index (χ2n) is 5.02. The van der Waals surface area contributed by atoms with Gasteiger partial charge in [0.25, 0.3) is 0 Å². The maximum Gasteiger partial charge on any atom is 0.212 e. The van der Waals surface area contributed by atoms with Crippen LogP contribution in [0.5, 0.6) is 0 Å². The van der Waals surface area contributed by atoms with Gasteiger partial charge in [-0.1, -0.05) is 60.1 Å². The van der Waals surface area contributed by atoms with Crippen LogP contribution in [0.1, 0.15) is 31.7 Å². The first-order chi connectivity index (χ1) is 8.94. The van der Waals surface area contributed by atoms with E-state index in [2.05, 4.69) is 20.7 Å². The molecule has 0 saturated carbocycles. The first-order valence-corrected chi connectivity index (χ1v) is 9.30. The van der Waals surface area contributed by atoms with E-state index >= 15 is 0 Å². The molecule has 1 N–H and O–H groups in total. The minimum absolute atomic E-state index is 0.00480. The summed E-state index contributed by atoms with van der Waals surface area (Å²) in [6.07, 6.45) is 0.969. The Kier molecular flexibility index (Phi) is 7.04. The zero-order chi connectivity index (χ0) is 14.3. The minimum atomic E-state index is -3.21. The van der Waals surface area contributed by atoms with Gasteiger partial charge in [0.2, 0.25) is 10.0 Å². The summed E-state index contributed by atoms with van der Waals surface area (Å²) in [5.74, 6) is 0.490. The van der Waals surface area contributed by atoms with Crippen molar-refractivity contribution in [3.63, 3.8) is 0 Å². The molecule has 1 aromatic rings. The second kappa shape index (κ2) is 8.02. The Hall–Kier alpha value is -0.390. The van der Waals surface area contributed by atoms with Crippen LogP contribution in [0.25, 0.3) is 0 Å². The van der Waals surface area contributed by atoms with Crippen LogP contribution in [0.3, 0.4) is 0 Å². The molecule has 5 heteroatoms. The predicted octanol–water partition coefficient (Wildman–Crippen LogP) is 3.13. The van der Waals surface area contributed by atoms with E-state index in [9.17, 15) is 8.42 Å². The van der Waals surface area contributed by atoms with Crippen molar-refractivity contribution in [2.75, 3.05) is 17.6 Å². The Balaban J connectivity index is 2.50. The van der Waals surface area contributed by atoms with E-state index < -0.39 is 10.0 Å². The Labute approximate surface area is 125 Å². The Morgan fingerprint density at radius 1 is 1.21 bits per heavy atom. The lowest BCUT2D eigenvalue weighted by molar-refractivity contribution is 0.529. The lowest BCUT2D eigenvalue weighted by Gasteiger charge is -2.15. The lowest BCUT2D eigenvalue weighted by Crippen LogP contribution is -2.32. The molecule has 0 aliphatic carbocycles. The van der Waals surface area contributed by atoms with Gasteiger partial charge in [0.05, 0.1) is 5.75 Å². The van der Waals surface area contributed by atoms with Gasteiger partial charge >= 0.3 is 0 Å². The largest absolute Gasteiger partial charge is 0.215 e. The summed E-state index contributed by atoms with van der Waals surface area (Å²) in [5.41, 5.74) is 1.06. The van der Waals surface area contributed by atoms with Gasteiger partial charge in [-0.05, 0) is 23.8 Å². The van der Waals surface area contributed by atoms with Crippen molar-refractivity contribution < 1.29 is 8.42 Å². The molecule has 2 unspecified atom stereocenters. The fraction of sp³-hybridized carbons (Fsp3) is 0.571. The standard InChI is InChI=1S/C14H22BrNO2S/c1-12(8-9-15)10-16-19(17,18)11-13(2)14-6-4-3-5-7-14/h3-7,12-13,16H,8-11H2,1-2H3. The first-order valence-electron chi connectivity index (χ1n) is 6.53. The van der Waals surface area contributed by atoms with Gasteiger partial charge in [0.1, 0.15) is 0 Å². The monoisotopic (exact) mass is 347 g/mol. The lowest BCUT2D eigenvalue weighted by atomic mass is 10.0. The molecule has 0 spiro atoms. The van der Waals surface area contributed by atoms with Crippen molar-refractivity contribution in [3.05, 3.63) is 35.9 Å². The quantitative estimate of drug-likeness (QED) is 0.734. The summed E-state index contributed by atoms with van der Waals surface area (Å²) in [7, 11) is -3.21. The number of alkyl halides is 1. The topological polar surface area (TPSA) is 46.2 Å². The fourth-order valence-electron chi connectivity index (χ4n) is 1.82. The van der Waals surface area contributed by atoms with Crippen LogP contribution in [0.2, 0.25) is 0 Å². The van der Waals surface area contributed by atoms with Gasteiger partial charge in [0, 0.05) is 11.9 Å². The number of benzene rings is 1. The van der Waals surface area contributed by atoms with Crippen molar-refractivity contribution in [2.24, 2.45) is 5.92 Å². The van der Waals surface area contributed by atoms with Gasteiger partial charge in [0.15, 0.2) is 0 Å². The third-order valence-corrected chi connectivity index (χ3v) is 5.09. The van der Waals surface area contributed by atoms with E-state index in [1.807, 2.05) is 44.2 Å². The number of rotatable bonds is 8. The van der Waals surface area contributed by atoms with Crippen molar-refractivity contribution >= 4 is 26.0 Å². The molecule has 0 fully saturated rings. The van der Waals surface area contributed by atoms with Crippen LogP contribution in [0.4, 0.5) is 0 Å². The Bertz CT molecular complexity index is 462. The van der Waals surface area contributed by atoms with E-state index in [0.717, 1.165) is 17.3 Å². The molecule has 2 atom stereocenters. The van der Waals surface area contributed by atoms with Crippen LogP contribution in [0, 0.1) is 5.92 Å². The smallest absolute Gasteiger partial charge is 0.212 e. The first kappa shape index (κ1) is 16.7. The molecule has 1 rings (SSSR count). The molecule has 19 heavy (non-hydrogen) atoms. The number of halogens is 1. The van der Waals surface area contributed by atoms with Crippen LogP contribution in [0.15, 0.2) is 30.3 Å². The highest BCUT2D eigenvalue weighted by Crippen LogP contribution is 2.16. The molecule has 0 aliphatic rings. The number of hydrogen-bond acceptors (Lipinski definition) is 2. The molecular formula is C14H22BrNO2S. The van der Waals surface area contributed by atoms with E-state index in [1.165, 1.54) is 0 Å². The molecule has 1 aromatic carbocycles. The van der Waals surface area contributed by atoms with Gasteiger partial charge in [-0.2, -0.15) is 0 Å². The van der Waals surface area contributed by atoms with Crippen molar-refractivity contribution in [2.45, 2.75) is 26.2 Å². The highest BCUT2D eigenvalue weighted by atomic mass is 79.9. The molecule has 108 valence electrons. The van der Waals surface area contributed by atoms with Crippen LogP contribution in [-0.2, 0) is 10.0 Å². The summed E-state index contributed by atoms with van der Waals surface area (Å²) < 4.78 is 26.7. The average molecular weight is 348 g/mol. The molecule has 3 nitrogen and oxygen atoms in total. The molecular weight excluding hydrogens is 326 g/mol. The Morgan fingerprint density at radius 2 is 1.84 bits per heavy atom. The third kappa shape index (κ3) is 6.54. The molecule has 0 heterocycles. The second-order valence-corrected chi connectivity index (χ2v) is 7.67. The predicted molar refractivity (Wildman–Crippen MR) is 84.2 cm³/mol. The molecule has 0 aliphatic heterocycles. The highest BCUT2D eigenvalue weighted by Gasteiger charge is 2.17. The maximum atomic E-state index is 12.0. The van der Waals surface area contributed by atoms with Gasteiger partial charge in [-0.15, -0.1) is 0 Å². The highest BCUT2D eigenvalue weighted by molar-refractivity contribution is 9.09. The molecule has 0 aromatic heterocycles. The zero-order valence-corrected chi connectivity index (χ0v) is 13.9. The number of sulfonamides is 1. The summed E-state index contributed by atoms with van der Waals surface area (Å²) in [4.78, 5) is 0. The van der Waals surface area contributed by atoms with Crippen LogP contribution < -0.4 is 4.72 Å². The zero-order valence-electron chi connectivity index (χ0n) is 11.5. The SMILES string of the molecule is CC(CCBr)CNS(=O)(=O)CC(C)c1ccccc1. The summed E-state index contributed by atoms with van der Waals surface area (Å²) in [6.45, 7) is 4.50. The number of hydrogen-bond donors (Lipinski definition) is 1. The van der Waals surface area contributed by atoms with Crippen molar-refractivity contribution in [1.82, 2.24) is 4.72 Å². The summed E-state index contributed by atoms with van der Waals surface area (Å²) >= 11 is 3.36. The van der Waals surface area contributed by atoms with E-state index in [-0.39, 0.29) is 11.7 Å². The van der Waals surface area contributed by atoms with Gasteiger partial charge in [-0.25, -0.2) is 13.1 Å². The molecule has 0 radical (unpaired) electrons. The minimum Gasteiger partial charge on any atom is -0.215 e. The molecule has 0 bridgehead atoms. The van der Waals surface area contributed by atoms with Crippen LogP contribution in [-0.4, -0.2) is 26.0 Å². The molecule has 0 saturated heterocycles. The average Bonchev–Trinajstić information content (AvgIpc) is 2.37. The normalized spacial score (nSPS) is 15.1. The van der Waals surface area contributed by atoms with E-state index in [1.54, 1.807) is 0 Å². The number of nitrogens with one attached hydrogen (secondary N) is 1. The fourth-order valence-corrected chi connectivity index (χ4v) is 4.11. The van der Waals surface area contributed by atoms with E-state index in [4.69, 9.17) is 0 Å². The van der Waals surface area contributed by atoms with E-state index in [0.29, 0.717) is 12.5 Å². The Morgan fingerprint density at radius 3 is 2.42 bits per heavy atom. The maximum absolute atomic E-state index is 12.0. The van der Waals surface area contributed by atoms with Gasteiger partial charge < -0.3 is 0 Å². The third-order valence-electron chi connectivity index (χ3n) is 3.09. The summed E-state index contributed by atoms with van der Waals surface area (Å²) in [6, 6.07) is 9.74. The molecule has 0 amide bonds.